The van der Waals surface area contributed by atoms with Crippen LogP contribution in [0.2, 0.25) is 0 Å². The Morgan fingerprint density at radius 1 is 1.12 bits per heavy atom. The third-order valence-electron chi connectivity index (χ3n) is 3.92. The van der Waals surface area contributed by atoms with Gasteiger partial charge >= 0.3 is 0 Å². The minimum atomic E-state index is -1.37. The highest BCUT2D eigenvalue weighted by atomic mass is 31.0. The summed E-state index contributed by atoms with van der Waals surface area (Å²) in [5, 5.41) is 9.34. The van der Waals surface area contributed by atoms with Crippen molar-refractivity contribution in [1.82, 2.24) is 0 Å². The molecule has 0 aliphatic carbocycles. The highest BCUT2D eigenvalue weighted by Gasteiger charge is 2.28. The van der Waals surface area contributed by atoms with Crippen LogP contribution in [-0.2, 0) is 0 Å². The molecule has 26 heavy (non-hydrogen) atoms. The summed E-state index contributed by atoms with van der Waals surface area (Å²) >= 11 is 0. The molecule has 0 spiro atoms. The Bertz CT molecular complexity index is 982. The van der Waals surface area contributed by atoms with Gasteiger partial charge in [-0.1, -0.05) is 18.7 Å². The van der Waals surface area contributed by atoms with Crippen LogP contribution in [0.15, 0.2) is 47.6 Å². The maximum absolute atomic E-state index is 15.0. The van der Waals surface area contributed by atoms with Gasteiger partial charge in [0.2, 0.25) is 0 Å². The zero-order valence-corrected chi connectivity index (χ0v) is 14.8. The Morgan fingerprint density at radius 2 is 1.81 bits per heavy atom. The number of hydrogen-bond acceptors (Lipinski definition) is 3. The molecule has 134 valence electrons. The van der Waals surface area contributed by atoms with Crippen LogP contribution >= 0.6 is 9.24 Å². The molecule has 3 nitrogen and oxygen atoms in total. The second-order valence-electron chi connectivity index (χ2n) is 5.45. The minimum absolute atomic E-state index is 0.0422. The van der Waals surface area contributed by atoms with E-state index < -0.39 is 34.3 Å². The smallest absolute Gasteiger partial charge is 0.171 e. The van der Waals surface area contributed by atoms with Gasteiger partial charge in [-0.2, -0.15) is 0 Å². The average molecular weight is 378 g/mol. The van der Waals surface area contributed by atoms with Crippen LogP contribution in [0, 0.1) is 17.5 Å². The highest BCUT2D eigenvalue weighted by Crippen LogP contribution is 2.37. The summed E-state index contributed by atoms with van der Waals surface area (Å²) in [6.45, 7) is 3.34. The van der Waals surface area contributed by atoms with Crippen LogP contribution in [0.5, 0.6) is 5.75 Å². The van der Waals surface area contributed by atoms with Gasteiger partial charge in [-0.3, -0.25) is 0 Å². The summed E-state index contributed by atoms with van der Waals surface area (Å²) in [6, 6.07) is 7.32. The largest absolute Gasteiger partial charge is 0.508 e. The number of methoxy groups -OCH3 is 1. The Labute approximate surface area is 149 Å². The van der Waals surface area contributed by atoms with Crippen molar-refractivity contribution in [3.05, 3.63) is 66.2 Å². The topological polar surface area (TPSA) is 42.6 Å². The standard InChI is InChI=1S/C19H14F3O3P/c1-9(23)12-6-7-25-18(12)14-16(21)15(20)13(17(22)19(14)26)10-4-3-5-11(8-10)24-2/h3-8,23H,1,26H2,2H3. The van der Waals surface area contributed by atoms with Crippen molar-refractivity contribution in [2.75, 3.05) is 7.11 Å². The molecule has 1 heterocycles. The van der Waals surface area contributed by atoms with E-state index in [0.717, 1.165) is 0 Å². The molecule has 1 aromatic heterocycles. The second-order valence-corrected chi connectivity index (χ2v) is 6.03. The van der Waals surface area contributed by atoms with Gasteiger partial charge in [0.25, 0.3) is 0 Å². The summed E-state index contributed by atoms with van der Waals surface area (Å²) in [6.07, 6.45) is 1.17. The molecule has 7 heteroatoms. The van der Waals surface area contributed by atoms with Crippen molar-refractivity contribution in [2.45, 2.75) is 0 Å². The van der Waals surface area contributed by atoms with E-state index >= 15 is 0 Å². The molecule has 0 amide bonds. The van der Waals surface area contributed by atoms with Crippen molar-refractivity contribution in [1.29, 1.82) is 0 Å². The van der Waals surface area contributed by atoms with Gasteiger partial charge in [0, 0.05) is 5.30 Å². The normalized spacial score (nSPS) is 10.8. The van der Waals surface area contributed by atoms with Crippen LogP contribution in [-0.4, -0.2) is 12.2 Å². The van der Waals surface area contributed by atoms with E-state index in [0.29, 0.717) is 5.75 Å². The molecule has 0 fully saturated rings. The zero-order chi connectivity index (χ0) is 19.0. The predicted octanol–water partition coefficient (Wildman–Crippen LogP) is 5.07. The minimum Gasteiger partial charge on any atom is -0.508 e. The number of aliphatic hydroxyl groups excluding tert-OH is 1. The quantitative estimate of drug-likeness (QED) is 0.392. The second kappa shape index (κ2) is 6.89. The molecule has 0 saturated heterocycles. The monoisotopic (exact) mass is 378 g/mol. The summed E-state index contributed by atoms with van der Waals surface area (Å²) < 4.78 is 54.7. The van der Waals surface area contributed by atoms with Gasteiger partial charge in [-0.25, -0.2) is 13.2 Å². The maximum Gasteiger partial charge on any atom is 0.171 e. The molecule has 3 rings (SSSR count). The molecule has 1 atom stereocenters. The Hall–Kier alpha value is -2.72. The molecule has 0 radical (unpaired) electrons. The first-order valence-electron chi connectivity index (χ1n) is 7.43. The first kappa shape index (κ1) is 18.1. The van der Waals surface area contributed by atoms with Crippen LogP contribution in [0.4, 0.5) is 13.2 Å². The summed E-state index contributed by atoms with van der Waals surface area (Å²) in [5.74, 6) is -3.89. The fourth-order valence-corrected chi connectivity index (χ4v) is 3.06. The molecule has 0 bridgehead atoms. The van der Waals surface area contributed by atoms with E-state index in [1.807, 2.05) is 9.24 Å². The number of rotatable bonds is 4. The summed E-state index contributed by atoms with van der Waals surface area (Å²) in [5.41, 5.74) is -0.793. The molecule has 2 aromatic carbocycles. The number of furan rings is 1. The third kappa shape index (κ3) is 2.86. The van der Waals surface area contributed by atoms with Gasteiger partial charge in [0.05, 0.1) is 30.1 Å². The molecule has 1 unspecified atom stereocenters. The van der Waals surface area contributed by atoms with Crippen molar-refractivity contribution in [3.8, 4) is 28.2 Å². The number of halogens is 3. The molecule has 3 aromatic rings. The Kier molecular flexibility index (Phi) is 4.79. The lowest BCUT2D eigenvalue weighted by atomic mass is 9.99. The van der Waals surface area contributed by atoms with Crippen molar-refractivity contribution in [2.24, 2.45) is 0 Å². The molecular weight excluding hydrogens is 364 g/mol. The van der Waals surface area contributed by atoms with Crippen LogP contribution < -0.4 is 10.0 Å². The van der Waals surface area contributed by atoms with Crippen LogP contribution in [0.25, 0.3) is 28.2 Å². The van der Waals surface area contributed by atoms with E-state index in [2.05, 4.69) is 6.58 Å². The Balaban J connectivity index is 2.29. The van der Waals surface area contributed by atoms with E-state index in [1.165, 1.54) is 31.6 Å². The number of benzene rings is 2. The molecule has 1 N–H and O–H groups in total. The van der Waals surface area contributed by atoms with Gasteiger partial charge in [0.1, 0.15) is 23.1 Å². The fraction of sp³-hybridized carbons (Fsp3) is 0.0526. The van der Waals surface area contributed by atoms with Gasteiger partial charge in [-0.05, 0) is 23.8 Å². The third-order valence-corrected chi connectivity index (χ3v) is 4.46. The predicted molar refractivity (Wildman–Crippen MR) is 97.0 cm³/mol. The first-order valence-corrected chi connectivity index (χ1v) is 8.01. The van der Waals surface area contributed by atoms with Crippen molar-refractivity contribution in [3.63, 3.8) is 0 Å². The van der Waals surface area contributed by atoms with E-state index in [9.17, 15) is 18.3 Å². The van der Waals surface area contributed by atoms with Crippen LogP contribution in [0.1, 0.15) is 5.56 Å². The summed E-state index contributed by atoms with van der Waals surface area (Å²) in [4.78, 5) is 0. The molecular formula is C19H14F3O3P. The number of hydrogen-bond donors (Lipinski definition) is 1. The first-order chi connectivity index (χ1) is 12.4. The fourth-order valence-electron chi connectivity index (χ4n) is 2.66. The molecule has 0 aliphatic heterocycles. The SMILES string of the molecule is C=C(O)c1ccoc1-c1c(F)c(F)c(-c2cccc(OC)c2)c(F)c1P. The van der Waals surface area contributed by atoms with Crippen molar-refractivity contribution < 1.29 is 27.4 Å². The number of ether oxygens (including phenoxy) is 1. The van der Waals surface area contributed by atoms with Gasteiger partial charge in [-0.15, -0.1) is 9.24 Å². The molecule has 0 saturated carbocycles. The van der Waals surface area contributed by atoms with Crippen LogP contribution in [0.3, 0.4) is 0 Å². The average Bonchev–Trinajstić information content (AvgIpc) is 3.10. The molecule has 0 aliphatic rings. The lowest BCUT2D eigenvalue weighted by Crippen LogP contribution is -2.12. The van der Waals surface area contributed by atoms with Gasteiger partial charge in [0.15, 0.2) is 11.6 Å². The maximum atomic E-state index is 15.0. The highest BCUT2D eigenvalue weighted by molar-refractivity contribution is 7.28. The Morgan fingerprint density at radius 3 is 2.46 bits per heavy atom. The zero-order valence-electron chi connectivity index (χ0n) is 13.6. The number of aliphatic hydroxyl groups is 1. The lowest BCUT2D eigenvalue weighted by molar-refractivity contribution is 0.415. The van der Waals surface area contributed by atoms with E-state index in [4.69, 9.17) is 9.15 Å². The van der Waals surface area contributed by atoms with Gasteiger partial charge < -0.3 is 14.3 Å². The lowest BCUT2D eigenvalue weighted by Gasteiger charge is -2.14. The van der Waals surface area contributed by atoms with E-state index in [1.54, 1.807) is 12.1 Å². The summed E-state index contributed by atoms with van der Waals surface area (Å²) in [7, 11) is 3.46. The van der Waals surface area contributed by atoms with Crippen molar-refractivity contribution >= 4 is 20.3 Å². The van der Waals surface area contributed by atoms with E-state index in [-0.39, 0.29) is 22.2 Å².